The van der Waals surface area contributed by atoms with Crippen molar-refractivity contribution in [2.45, 2.75) is 116 Å². The van der Waals surface area contributed by atoms with Gasteiger partial charge in [0.2, 0.25) is 0 Å². The van der Waals surface area contributed by atoms with E-state index in [-0.39, 0.29) is 11.8 Å². The van der Waals surface area contributed by atoms with Crippen molar-refractivity contribution >= 4 is 78.2 Å². The van der Waals surface area contributed by atoms with Crippen LogP contribution in [0.15, 0.2) is 84.9 Å². The summed E-state index contributed by atoms with van der Waals surface area (Å²) in [5.74, 6) is 6.58. The summed E-state index contributed by atoms with van der Waals surface area (Å²) < 4.78 is 21.8. The number of nitrogens with two attached hydrogens (primary N) is 2. The fraction of sp³-hybridized carbons (Fsp3) is 0.543. The highest BCUT2D eigenvalue weighted by Gasteiger charge is 2.19. The number of hydrogen-bond donors (Lipinski definition) is 6. The lowest BCUT2D eigenvalue weighted by atomic mass is 10.1. The largest absolute Gasteiger partial charge is 0.493 e. The van der Waals surface area contributed by atoms with Gasteiger partial charge in [0.15, 0.2) is 23.0 Å². The minimum Gasteiger partial charge on any atom is -0.493 e. The van der Waals surface area contributed by atoms with Crippen molar-refractivity contribution in [2.75, 3.05) is 155 Å². The average Bonchev–Trinajstić information content (AvgIpc) is 1.13. The zero-order chi connectivity index (χ0) is 64.3. The van der Waals surface area contributed by atoms with E-state index < -0.39 is 0 Å². The predicted octanol–water partition coefficient (Wildman–Crippen LogP) is 12.1. The molecule has 0 saturated heterocycles. The molecular formula is C70H106N12O6S2. The highest BCUT2D eigenvalue weighted by atomic mass is 33.1. The molecule has 90 heavy (non-hydrogen) atoms. The molecule has 0 aliphatic rings. The lowest BCUT2D eigenvalue weighted by Gasteiger charge is -2.21. The quantitative estimate of drug-likeness (QED) is 0.0155. The van der Waals surface area contributed by atoms with Gasteiger partial charge in [0, 0.05) is 150 Å². The van der Waals surface area contributed by atoms with Gasteiger partial charge in [-0.15, -0.1) is 0 Å². The molecule has 494 valence electrons. The number of carbonyl (C=O) groups is 2. The Kier molecular flexibility index (Phi) is 33.2. The molecule has 18 nitrogen and oxygen atoms in total. The zero-order valence-electron chi connectivity index (χ0n) is 55.4. The number of benzene rings is 4. The number of nitrogens with zero attached hydrogens (tertiary/aromatic N) is 6. The van der Waals surface area contributed by atoms with Gasteiger partial charge in [-0.1, -0.05) is 109 Å². The summed E-state index contributed by atoms with van der Waals surface area (Å²) >= 11 is 0. The Morgan fingerprint density at radius 2 is 0.756 bits per heavy atom. The number of pyridine rings is 2. The zero-order valence-corrected chi connectivity index (χ0v) is 57.0. The van der Waals surface area contributed by atoms with Crippen molar-refractivity contribution in [1.82, 2.24) is 41.0 Å². The molecule has 20 heteroatoms. The number of fused-ring (bicyclic) bond motifs is 2. The van der Waals surface area contributed by atoms with Crippen molar-refractivity contribution in [3.63, 3.8) is 0 Å². The molecule has 0 saturated carbocycles. The lowest BCUT2D eigenvalue weighted by Crippen LogP contribution is -2.29. The number of rotatable bonds is 47. The summed E-state index contributed by atoms with van der Waals surface area (Å²) in [6.07, 6.45) is 17.7. The van der Waals surface area contributed by atoms with E-state index in [9.17, 15) is 9.59 Å². The monoisotopic (exact) mass is 1270 g/mol. The summed E-state index contributed by atoms with van der Waals surface area (Å²) in [6, 6.07) is 27.3. The van der Waals surface area contributed by atoms with Crippen LogP contribution in [0.25, 0.3) is 21.8 Å². The van der Waals surface area contributed by atoms with Crippen LogP contribution in [-0.4, -0.2) is 165 Å². The van der Waals surface area contributed by atoms with E-state index in [4.69, 9.17) is 40.4 Å². The van der Waals surface area contributed by atoms with E-state index >= 15 is 0 Å². The molecule has 6 aromatic rings. The molecule has 0 radical (unpaired) electrons. The SMILES string of the molecule is COc1cc2nc(N(C)CCCCCCN(C)C(=O)c3ccccc3CNCCCCCCNCCSSCCNCCCCCCNCc3ccccc3C(=O)N(C)CCCCCCN(C)c3cc(N)c4cc(OC)c(OC)cc4n3)cc(N)c2cc1OC. The summed E-state index contributed by atoms with van der Waals surface area (Å²) in [5, 5.41) is 16.1. The lowest BCUT2D eigenvalue weighted by molar-refractivity contribution is 0.0784. The van der Waals surface area contributed by atoms with E-state index in [2.05, 4.69) is 43.2 Å². The van der Waals surface area contributed by atoms with E-state index in [1.807, 2.05) is 132 Å². The smallest absolute Gasteiger partial charge is 0.253 e. The van der Waals surface area contributed by atoms with Gasteiger partial charge in [-0.3, -0.25) is 9.59 Å². The first-order valence-electron chi connectivity index (χ1n) is 32.7. The molecule has 0 aliphatic heterocycles. The van der Waals surface area contributed by atoms with Gasteiger partial charge in [-0.2, -0.15) is 0 Å². The third kappa shape index (κ3) is 24.0. The number of anilines is 4. The van der Waals surface area contributed by atoms with Crippen LogP contribution in [0.5, 0.6) is 23.0 Å². The maximum Gasteiger partial charge on any atom is 0.253 e. The molecule has 0 unspecified atom stereocenters. The van der Waals surface area contributed by atoms with Crippen LogP contribution < -0.4 is 61.5 Å². The van der Waals surface area contributed by atoms with E-state index in [0.29, 0.717) is 47.5 Å². The number of nitrogen functional groups attached to an aromatic ring is 2. The van der Waals surface area contributed by atoms with Crippen LogP contribution in [0.2, 0.25) is 0 Å². The number of ether oxygens (including phenoxy) is 4. The Hall–Kier alpha value is -6.42. The fourth-order valence-electron chi connectivity index (χ4n) is 11.0. The van der Waals surface area contributed by atoms with Crippen molar-refractivity contribution < 1.29 is 28.5 Å². The van der Waals surface area contributed by atoms with Gasteiger partial charge in [0.1, 0.15) is 11.6 Å². The molecule has 2 aromatic heterocycles. The summed E-state index contributed by atoms with van der Waals surface area (Å²) in [4.78, 5) is 44.8. The normalized spacial score (nSPS) is 11.3. The molecule has 0 aliphatic carbocycles. The number of hydrogen-bond acceptors (Lipinski definition) is 18. The molecule has 0 atom stereocenters. The Morgan fingerprint density at radius 1 is 0.422 bits per heavy atom. The van der Waals surface area contributed by atoms with Crippen molar-refractivity contribution in [2.24, 2.45) is 0 Å². The standard InChI is InChI=1S/C70H106N12O6S2/c1-79(67-47-59(71)57-45-63(85-5)65(87-7)49-61(57)77-67)39-25-13-15-27-41-81(3)69(83)55-31-19-17-29-53(55)51-75-35-23-11-9-21-33-73-37-43-89-90-44-38-74-34-22-10-12-24-36-76-52-54-30-18-20-32-56(54)70(84)82(4)42-28-16-14-26-40-80(2)68-48-60(72)58-46-64(86-6)66(88-8)50-62(58)78-68/h17-20,29-32,45-50,73-76H,9-16,21-28,33-44,51-52H2,1-8H3,(H2,71,77)(H2,72,78). The molecule has 0 spiro atoms. The fourth-order valence-corrected chi connectivity index (χ4v) is 12.9. The average molecular weight is 1280 g/mol. The minimum atomic E-state index is 0.0857. The van der Waals surface area contributed by atoms with Gasteiger partial charge in [-0.25, -0.2) is 9.97 Å². The van der Waals surface area contributed by atoms with Crippen molar-refractivity contribution in [3.8, 4) is 23.0 Å². The number of methoxy groups -OCH3 is 4. The van der Waals surface area contributed by atoms with Crippen molar-refractivity contribution in [1.29, 1.82) is 0 Å². The molecule has 4 aromatic carbocycles. The third-order valence-electron chi connectivity index (χ3n) is 16.5. The molecule has 6 rings (SSSR count). The molecule has 2 heterocycles. The number of nitrogens with one attached hydrogen (secondary N) is 4. The number of carbonyl (C=O) groups excluding carboxylic acids is 2. The predicted molar refractivity (Wildman–Crippen MR) is 380 cm³/mol. The maximum absolute atomic E-state index is 13.5. The molecule has 0 fully saturated rings. The van der Waals surface area contributed by atoms with Gasteiger partial charge in [0.25, 0.3) is 11.8 Å². The first-order valence-corrected chi connectivity index (χ1v) is 35.2. The summed E-state index contributed by atoms with van der Waals surface area (Å²) in [5.41, 5.74) is 19.4. The number of amides is 2. The number of unbranched alkanes of at least 4 members (excludes halogenated alkanes) is 12. The Balaban J connectivity index is 0.684. The Bertz CT molecular complexity index is 2880. The van der Waals surface area contributed by atoms with Crippen LogP contribution in [0.3, 0.4) is 0 Å². The molecule has 0 bridgehead atoms. The topological polar surface area (TPSA) is 210 Å². The molecule has 8 N–H and O–H groups in total. The van der Waals surface area contributed by atoms with Crippen LogP contribution in [0.1, 0.15) is 135 Å². The highest BCUT2D eigenvalue weighted by Crippen LogP contribution is 2.37. The van der Waals surface area contributed by atoms with Gasteiger partial charge >= 0.3 is 0 Å². The first-order chi connectivity index (χ1) is 43.9. The van der Waals surface area contributed by atoms with E-state index in [1.165, 1.54) is 38.5 Å². The summed E-state index contributed by atoms with van der Waals surface area (Å²) in [7, 11) is 18.3. The Morgan fingerprint density at radius 3 is 1.13 bits per heavy atom. The van der Waals surface area contributed by atoms with E-state index in [0.717, 1.165) is 197 Å². The molecule has 2 amide bonds. The highest BCUT2D eigenvalue weighted by molar-refractivity contribution is 8.76. The van der Waals surface area contributed by atoms with Gasteiger partial charge in [0.05, 0.1) is 39.5 Å². The summed E-state index contributed by atoms with van der Waals surface area (Å²) in [6.45, 7) is 10.7. The second kappa shape index (κ2) is 41.1. The Labute approximate surface area is 545 Å². The van der Waals surface area contributed by atoms with Gasteiger partial charge < -0.3 is 71.3 Å². The van der Waals surface area contributed by atoms with Crippen molar-refractivity contribution in [3.05, 3.63) is 107 Å². The third-order valence-corrected chi connectivity index (χ3v) is 18.9. The molecular weight excluding hydrogens is 1170 g/mol. The van der Waals surface area contributed by atoms with Crippen LogP contribution in [-0.2, 0) is 13.1 Å². The second-order valence-electron chi connectivity index (χ2n) is 23.4. The van der Waals surface area contributed by atoms with Crippen LogP contribution in [0, 0.1) is 0 Å². The van der Waals surface area contributed by atoms with Gasteiger partial charge in [-0.05, 0) is 113 Å². The first kappa shape index (κ1) is 72.6. The second-order valence-corrected chi connectivity index (χ2v) is 26.1. The number of aromatic nitrogens is 2. The maximum atomic E-state index is 13.5. The minimum absolute atomic E-state index is 0.0857. The van der Waals surface area contributed by atoms with E-state index in [1.54, 1.807) is 28.4 Å². The van der Waals surface area contributed by atoms with Crippen LogP contribution in [0.4, 0.5) is 23.0 Å². The van der Waals surface area contributed by atoms with Crippen LogP contribution >= 0.6 is 21.6 Å².